The molecule has 41 heavy (non-hydrogen) atoms. The molecular formula is C41H38. The Morgan fingerprint density at radius 1 is 0.707 bits per heavy atom. The number of aryl methyl sites for hydroxylation is 1. The molecule has 6 rings (SSSR count). The van der Waals surface area contributed by atoms with Crippen LogP contribution in [0.1, 0.15) is 60.8 Å². The molecule has 202 valence electrons. The summed E-state index contributed by atoms with van der Waals surface area (Å²) < 4.78 is 0. The van der Waals surface area contributed by atoms with Gasteiger partial charge in [-0.05, 0) is 93.5 Å². The standard InChI is InChI=1S/C41H38/c1-2-13-32-19-9-10-20-35(32)25-24-31-14-11-21-36(26-31)37-22-12-23-38(27-37)41-29-39(33-15-5-3-6-16-33)28-40(30-41)34-17-7-4-8-18-34/h3-10,12,15-17,19-30,34H,2,11,13-14,18H2,1H3/b25-24-. The van der Waals surface area contributed by atoms with Gasteiger partial charge in [-0.2, -0.15) is 0 Å². The summed E-state index contributed by atoms with van der Waals surface area (Å²) in [6.07, 6.45) is 23.8. The van der Waals surface area contributed by atoms with Crippen molar-refractivity contribution in [3.8, 4) is 22.3 Å². The maximum absolute atomic E-state index is 2.40. The number of allylic oxidation sites excluding steroid dienone is 9. The zero-order valence-electron chi connectivity index (χ0n) is 24.0. The van der Waals surface area contributed by atoms with E-state index in [9.17, 15) is 0 Å². The van der Waals surface area contributed by atoms with Gasteiger partial charge in [0.2, 0.25) is 0 Å². The topological polar surface area (TPSA) is 0 Å². The summed E-state index contributed by atoms with van der Waals surface area (Å²) in [5, 5.41) is 0. The van der Waals surface area contributed by atoms with E-state index in [0.717, 1.165) is 25.7 Å². The molecule has 0 saturated carbocycles. The third kappa shape index (κ3) is 6.50. The zero-order valence-corrected chi connectivity index (χ0v) is 24.0. The fourth-order valence-corrected chi connectivity index (χ4v) is 5.98. The number of hydrogen-bond donors (Lipinski definition) is 0. The van der Waals surface area contributed by atoms with E-state index in [1.807, 2.05) is 0 Å². The second kappa shape index (κ2) is 12.8. The zero-order chi connectivity index (χ0) is 27.9. The third-order valence-corrected chi connectivity index (χ3v) is 8.19. The quantitative estimate of drug-likeness (QED) is 0.212. The van der Waals surface area contributed by atoms with Crippen LogP contribution in [0.4, 0.5) is 0 Å². The van der Waals surface area contributed by atoms with Crippen molar-refractivity contribution in [1.82, 2.24) is 0 Å². The molecule has 0 aromatic heterocycles. The minimum Gasteiger partial charge on any atom is -0.0836 e. The lowest BCUT2D eigenvalue weighted by Crippen LogP contribution is -1.98. The Morgan fingerprint density at radius 3 is 2.29 bits per heavy atom. The first-order valence-corrected chi connectivity index (χ1v) is 15.1. The second-order valence-electron chi connectivity index (χ2n) is 11.1. The fourth-order valence-electron chi connectivity index (χ4n) is 5.98. The first-order valence-electron chi connectivity index (χ1n) is 15.1. The Morgan fingerprint density at radius 2 is 1.46 bits per heavy atom. The molecule has 0 N–H and O–H groups in total. The van der Waals surface area contributed by atoms with E-state index in [2.05, 4.69) is 153 Å². The van der Waals surface area contributed by atoms with Gasteiger partial charge >= 0.3 is 0 Å². The Labute approximate surface area is 245 Å². The van der Waals surface area contributed by atoms with Gasteiger partial charge in [-0.25, -0.2) is 0 Å². The number of rotatable bonds is 8. The first kappa shape index (κ1) is 26.8. The van der Waals surface area contributed by atoms with Gasteiger partial charge < -0.3 is 0 Å². The van der Waals surface area contributed by atoms with Gasteiger partial charge in [0.1, 0.15) is 0 Å². The Kier molecular flexibility index (Phi) is 8.38. The fraction of sp³-hybridized carbons (Fsp3) is 0.171. The van der Waals surface area contributed by atoms with E-state index in [0.29, 0.717) is 5.92 Å². The molecule has 1 unspecified atom stereocenters. The van der Waals surface area contributed by atoms with E-state index in [4.69, 9.17) is 0 Å². The van der Waals surface area contributed by atoms with Gasteiger partial charge in [0.05, 0.1) is 0 Å². The van der Waals surface area contributed by atoms with Gasteiger partial charge in [-0.15, -0.1) is 0 Å². The predicted molar refractivity (Wildman–Crippen MR) is 178 cm³/mol. The van der Waals surface area contributed by atoms with Crippen LogP contribution in [0.25, 0.3) is 33.9 Å². The van der Waals surface area contributed by atoms with Crippen LogP contribution in [-0.4, -0.2) is 0 Å². The average molecular weight is 531 g/mol. The van der Waals surface area contributed by atoms with E-state index in [1.54, 1.807) is 0 Å². The van der Waals surface area contributed by atoms with Crippen LogP contribution in [0.2, 0.25) is 0 Å². The van der Waals surface area contributed by atoms with Gasteiger partial charge in [0.25, 0.3) is 0 Å². The Hall–Kier alpha value is -4.42. The monoisotopic (exact) mass is 530 g/mol. The molecule has 4 aromatic rings. The minimum absolute atomic E-state index is 0.409. The predicted octanol–water partition coefficient (Wildman–Crippen LogP) is 11.4. The van der Waals surface area contributed by atoms with Crippen molar-refractivity contribution in [1.29, 1.82) is 0 Å². The van der Waals surface area contributed by atoms with Crippen molar-refractivity contribution in [2.24, 2.45) is 0 Å². The highest BCUT2D eigenvalue weighted by molar-refractivity contribution is 5.81. The molecule has 1 atom stereocenters. The molecule has 0 amide bonds. The molecule has 0 heterocycles. The van der Waals surface area contributed by atoms with Crippen molar-refractivity contribution in [2.45, 2.75) is 44.9 Å². The lowest BCUT2D eigenvalue weighted by Gasteiger charge is -2.18. The molecule has 2 aliphatic rings. The summed E-state index contributed by atoms with van der Waals surface area (Å²) >= 11 is 0. The van der Waals surface area contributed by atoms with Crippen LogP contribution in [0.15, 0.2) is 145 Å². The van der Waals surface area contributed by atoms with E-state index >= 15 is 0 Å². The summed E-state index contributed by atoms with van der Waals surface area (Å²) in [5.41, 5.74) is 13.2. The van der Waals surface area contributed by atoms with Crippen molar-refractivity contribution in [3.63, 3.8) is 0 Å². The van der Waals surface area contributed by atoms with Gasteiger partial charge in [0.15, 0.2) is 0 Å². The summed E-state index contributed by atoms with van der Waals surface area (Å²) in [7, 11) is 0. The molecule has 0 fully saturated rings. The summed E-state index contributed by atoms with van der Waals surface area (Å²) in [6.45, 7) is 2.25. The second-order valence-corrected chi connectivity index (χ2v) is 11.1. The number of benzene rings is 4. The van der Waals surface area contributed by atoms with Gasteiger partial charge in [-0.1, -0.05) is 147 Å². The molecule has 0 nitrogen and oxygen atoms in total. The van der Waals surface area contributed by atoms with E-state index < -0.39 is 0 Å². The summed E-state index contributed by atoms with van der Waals surface area (Å²) in [6, 6.07) is 35.8. The smallest absolute Gasteiger partial charge is 0.00561 e. The lowest BCUT2D eigenvalue weighted by molar-refractivity contribution is 0.854. The molecule has 0 bridgehead atoms. The van der Waals surface area contributed by atoms with Crippen LogP contribution in [0, 0.1) is 0 Å². The normalized spacial score (nSPS) is 16.6. The molecule has 0 aliphatic heterocycles. The highest BCUT2D eigenvalue weighted by atomic mass is 14.2. The summed E-state index contributed by atoms with van der Waals surface area (Å²) in [5.74, 6) is 0.409. The van der Waals surface area contributed by atoms with E-state index in [-0.39, 0.29) is 0 Å². The highest BCUT2D eigenvalue weighted by Crippen LogP contribution is 2.35. The van der Waals surface area contributed by atoms with Crippen LogP contribution in [-0.2, 0) is 6.42 Å². The lowest BCUT2D eigenvalue weighted by atomic mass is 9.87. The maximum Gasteiger partial charge on any atom is 0.00561 e. The van der Waals surface area contributed by atoms with Gasteiger partial charge in [-0.3, -0.25) is 0 Å². The minimum atomic E-state index is 0.409. The van der Waals surface area contributed by atoms with Crippen LogP contribution in [0.3, 0.4) is 0 Å². The van der Waals surface area contributed by atoms with Crippen LogP contribution < -0.4 is 0 Å². The largest absolute Gasteiger partial charge is 0.0836 e. The molecule has 0 saturated heterocycles. The van der Waals surface area contributed by atoms with Crippen molar-refractivity contribution >= 4 is 11.6 Å². The van der Waals surface area contributed by atoms with Crippen molar-refractivity contribution < 1.29 is 0 Å². The molecule has 0 heteroatoms. The molecule has 4 aromatic carbocycles. The van der Waals surface area contributed by atoms with E-state index in [1.165, 1.54) is 62.1 Å². The third-order valence-electron chi connectivity index (χ3n) is 8.19. The molecule has 0 radical (unpaired) electrons. The van der Waals surface area contributed by atoms with Crippen LogP contribution >= 0.6 is 0 Å². The Balaban J connectivity index is 1.32. The van der Waals surface area contributed by atoms with Crippen LogP contribution in [0.5, 0.6) is 0 Å². The van der Waals surface area contributed by atoms with Gasteiger partial charge in [0, 0.05) is 5.92 Å². The Bertz CT molecular complexity index is 1660. The first-order chi connectivity index (χ1) is 20.3. The van der Waals surface area contributed by atoms with Crippen molar-refractivity contribution in [2.75, 3.05) is 0 Å². The van der Waals surface area contributed by atoms with Crippen molar-refractivity contribution in [3.05, 3.63) is 167 Å². The SMILES string of the molecule is CCCc1ccccc1/C=C\C1=CC(c2cccc(-c3cc(-c4ccccc4)cc(C4C=CC=CC4)c3)c2)=CCC1. The molecule has 2 aliphatic carbocycles. The maximum atomic E-state index is 2.40. The number of hydrogen-bond acceptors (Lipinski definition) is 0. The molecule has 0 spiro atoms. The summed E-state index contributed by atoms with van der Waals surface area (Å²) in [4.78, 5) is 0. The molecular weight excluding hydrogens is 492 g/mol. The highest BCUT2D eigenvalue weighted by Gasteiger charge is 2.14. The average Bonchev–Trinajstić information content (AvgIpc) is 3.05.